The lowest BCUT2D eigenvalue weighted by Gasteiger charge is -2.30. The summed E-state index contributed by atoms with van der Waals surface area (Å²) in [6.45, 7) is 5.15. The quantitative estimate of drug-likeness (QED) is 0.903. The highest BCUT2D eigenvalue weighted by Gasteiger charge is 2.14. The summed E-state index contributed by atoms with van der Waals surface area (Å²) in [5.74, 6) is 1.01. The van der Waals surface area contributed by atoms with Crippen LogP contribution in [-0.2, 0) is 6.54 Å². The molecule has 0 unspecified atom stereocenters. The highest BCUT2D eigenvalue weighted by Crippen LogP contribution is 2.28. The molecule has 1 aromatic heterocycles. The van der Waals surface area contributed by atoms with Gasteiger partial charge in [0.2, 0.25) is 0 Å². The fourth-order valence-corrected chi connectivity index (χ4v) is 2.79. The number of nitrogens with zero attached hydrogens (tertiary/aromatic N) is 1. The zero-order valence-electron chi connectivity index (χ0n) is 12.1. The van der Waals surface area contributed by atoms with Gasteiger partial charge in [-0.25, -0.2) is 0 Å². The van der Waals surface area contributed by atoms with Crippen molar-refractivity contribution >= 4 is 11.4 Å². The van der Waals surface area contributed by atoms with Crippen molar-refractivity contribution < 1.29 is 4.42 Å². The Bertz CT molecular complexity index is 556. The molecule has 3 nitrogen and oxygen atoms in total. The number of piperidine rings is 1. The second-order valence-electron chi connectivity index (χ2n) is 5.45. The second kappa shape index (κ2) is 6.04. The predicted molar refractivity (Wildman–Crippen MR) is 83.3 cm³/mol. The van der Waals surface area contributed by atoms with E-state index in [1.165, 1.54) is 49.3 Å². The highest BCUT2D eigenvalue weighted by molar-refractivity contribution is 5.70. The van der Waals surface area contributed by atoms with Crippen LogP contribution in [0.15, 0.2) is 41.0 Å². The summed E-state index contributed by atoms with van der Waals surface area (Å²) >= 11 is 0. The van der Waals surface area contributed by atoms with Gasteiger partial charge in [0, 0.05) is 13.1 Å². The number of para-hydroxylation sites is 2. The van der Waals surface area contributed by atoms with E-state index in [0.717, 1.165) is 12.3 Å². The van der Waals surface area contributed by atoms with Crippen LogP contribution in [0.5, 0.6) is 0 Å². The van der Waals surface area contributed by atoms with Gasteiger partial charge in [0.25, 0.3) is 0 Å². The lowest BCUT2D eigenvalue weighted by atomic mass is 10.1. The smallest absolute Gasteiger partial charge is 0.125 e. The van der Waals surface area contributed by atoms with E-state index in [2.05, 4.69) is 41.4 Å². The summed E-state index contributed by atoms with van der Waals surface area (Å²) in [7, 11) is 0. The van der Waals surface area contributed by atoms with E-state index in [0.29, 0.717) is 0 Å². The van der Waals surface area contributed by atoms with Crippen LogP contribution in [0, 0.1) is 6.92 Å². The molecule has 1 aliphatic rings. The maximum Gasteiger partial charge on any atom is 0.125 e. The summed E-state index contributed by atoms with van der Waals surface area (Å²) in [6.07, 6.45) is 5.71. The second-order valence-corrected chi connectivity index (χ2v) is 5.45. The summed E-state index contributed by atoms with van der Waals surface area (Å²) in [5, 5.41) is 3.52. The van der Waals surface area contributed by atoms with Gasteiger partial charge in [-0.3, -0.25) is 0 Å². The van der Waals surface area contributed by atoms with E-state index in [4.69, 9.17) is 4.42 Å². The van der Waals surface area contributed by atoms with Crippen molar-refractivity contribution in [3.63, 3.8) is 0 Å². The minimum absolute atomic E-state index is 0.740. The van der Waals surface area contributed by atoms with E-state index in [1.54, 1.807) is 6.26 Å². The van der Waals surface area contributed by atoms with E-state index < -0.39 is 0 Å². The largest absolute Gasteiger partial charge is 0.467 e. The fraction of sp³-hybridized carbons (Fsp3) is 0.412. The number of hydrogen-bond donors (Lipinski definition) is 1. The van der Waals surface area contributed by atoms with E-state index in [-0.39, 0.29) is 0 Å². The Balaban J connectivity index is 1.74. The summed E-state index contributed by atoms with van der Waals surface area (Å²) in [4.78, 5) is 2.49. The normalized spacial score (nSPS) is 15.3. The van der Waals surface area contributed by atoms with Gasteiger partial charge in [-0.05, 0) is 49.9 Å². The summed E-state index contributed by atoms with van der Waals surface area (Å²) < 4.78 is 5.50. The molecule has 1 fully saturated rings. The molecule has 2 aromatic rings. The third kappa shape index (κ3) is 2.82. The monoisotopic (exact) mass is 270 g/mol. The van der Waals surface area contributed by atoms with Crippen molar-refractivity contribution in [3.8, 4) is 0 Å². The third-order valence-corrected chi connectivity index (χ3v) is 4.01. The lowest BCUT2D eigenvalue weighted by Crippen LogP contribution is -2.30. The average molecular weight is 270 g/mol. The Morgan fingerprint density at radius 2 is 1.90 bits per heavy atom. The van der Waals surface area contributed by atoms with Crippen molar-refractivity contribution in [3.05, 3.63) is 47.9 Å². The maximum atomic E-state index is 5.50. The Hall–Kier alpha value is -1.90. The summed E-state index contributed by atoms with van der Waals surface area (Å²) in [6, 6.07) is 10.6. The molecule has 3 rings (SSSR count). The van der Waals surface area contributed by atoms with Crippen molar-refractivity contribution in [1.82, 2.24) is 0 Å². The van der Waals surface area contributed by atoms with E-state index in [9.17, 15) is 0 Å². The molecule has 0 radical (unpaired) electrons. The third-order valence-electron chi connectivity index (χ3n) is 4.01. The SMILES string of the molecule is Cc1ccoc1CNc1ccccc1N1CCCCC1. The minimum Gasteiger partial charge on any atom is -0.467 e. The van der Waals surface area contributed by atoms with Crippen LogP contribution in [0.1, 0.15) is 30.6 Å². The molecule has 0 amide bonds. The molecule has 0 bridgehead atoms. The Kier molecular flexibility index (Phi) is 3.95. The number of furan rings is 1. The van der Waals surface area contributed by atoms with Crippen LogP contribution in [0.4, 0.5) is 11.4 Å². The molecule has 1 saturated heterocycles. The molecule has 2 heterocycles. The van der Waals surface area contributed by atoms with Gasteiger partial charge in [0.1, 0.15) is 5.76 Å². The molecule has 1 aliphatic heterocycles. The van der Waals surface area contributed by atoms with Crippen LogP contribution >= 0.6 is 0 Å². The summed E-state index contributed by atoms with van der Waals surface area (Å²) in [5.41, 5.74) is 3.72. The van der Waals surface area contributed by atoms with Crippen LogP contribution in [0.2, 0.25) is 0 Å². The average Bonchev–Trinajstić information content (AvgIpc) is 2.92. The molecule has 0 saturated carbocycles. The minimum atomic E-state index is 0.740. The fourth-order valence-electron chi connectivity index (χ4n) is 2.79. The molecule has 3 heteroatoms. The molecule has 1 aromatic carbocycles. The molecule has 0 spiro atoms. The van der Waals surface area contributed by atoms with E-state index in [1.807, 2.05) is 6.07 Å². The number of rotatable bonds is 4. The van der Waals surface area contributed by atoms with Crippen molar-refractivity contribution in [2.45, 2.75) is 32.7 Å². The van der Waals surface area contributed by atoms with Gasteiger partial charge in [-0.15, -0.1) is 0 Å². The molecule has 20 heavy (non-hydrogen) atoms. The molecular formula is C17H22N2O. The van der Waals surface area contributed by atoms with Gasteiger partial charge in [-0.1, -0.05) is 12.1 Å². The van der Waals surface area contributed by atoms with Gasteiger partial charge in [0.15, 0.2) is 0 Å². The van der Waals surface area contributed by atoms with Crippen LogP contribution < -0.4 is 10.2 Å². The molecule has 0 aliphatic carbocycles. The lowest BCUT2D eigenvalue weighted by molar-refractivity contribution is 0.515. The Morgan fingerprint density at radius 1 is 1.10 bits per heavy atom. The molecular weight excluding hydrogens is 248 g/mol. The van der Waals surface area contributed by atoms with Crippen LogP contribution in [-0.4, -0.2) is 13.1 Å². The highest BCUT2D eigenvalue weighted by atomic mass is 16.3. The Morgan fingerprint density at radius 3 is 2.65 bits per heavy atom. The zero-order valence-corrected chi connectivity index (χ0v) is 12.1. The van der Waals surface area contributed by atoms with Gasteiger partial charge in [0.05, 0.1) is 24.2 Å². The predicted octanol–water partition coefficient (Wildman–Crippen LogP) is 4.19. The van der Waals surface area contributed by atoms with Crippen LogP contribution in [0.25, 0.3) is 0 Å². The molecule has 0 atom stereocenters. The first-order valence-corrected chi connectivity index (χ1v) is 7.45. The Labute approximate surface area is 120 Å². The number of benzene rings is 1. The number of nitrogens with one attached hydrogen (secondary N) is 1. The maximum absolute atomic E-state index is 5.50. The van der Waals surface area contributed by atoms with Gasteiger partial charge < -0.3 is 14.6 Å². The van der Waals surface area contributed by atoms with Gasteiger partial charge >= 0.3 is 0 Å². The number of hydrogen-bond acceptors (Lipinski definition) is 3. The topological polar surface area (TPSA) is 28.4 Å². The van der Waals surface area contributed by atoms with Gasteiger partial charge in [-0.2, -0.15) is 0 Å². The molecule has 1 N–H and O–H groups in total. The number of aryl methyl sites for hydroxylation is 1. The number of anilines is 2. The zero-order chi connectivity index (χ0) is 13.8. The first kappa shape index (κ1) is 13.1. The van der Waals surface area contributed by atoms with Crippen molar-refractivity contribution in [2.24, 2.45) is 0 Å². The van der Waals surface area contributed by atoms with Crippen molar-refractivity contribution in [1.29, 1.82) is 0 Å². The first-order valence-electron chi connectivity index (χ1n) is 7.45. The first-order chi connectivity index (χ1) is 9.84. The molecule has 106 valence electrons. The van der Waals surface area contributed by atoms with E-state index >= 15 is 0 Å². The standard InChI is InChI=1S/C17H22N2O/c1-14-9-12-20-17(14)13-18-15-7-3-4-8-16(15)19-10-5-2-6-11-19/h3-4,7-9,12,18H,2,5-6,10-11,13H2,1H3. The van der Waals surface area contributed by atoms with Crippen LogP contribution in [0.3, 0.4) is 0 Å². The van der Waals surface area contributed by atoms with Crippen molar-refractivity contribution in [2.75, 3.05) is 23.3 Å².